The van der Waals surface area contributed by atoms with Crippen LogP contribution in [0.5, 0.6) is 0 Å². The highest BCUT2D eigenvalue weighted by atomic mass is 16.3. The van der Waals surface area contributed by atoms with Crippen molar-refractivity contribution < 1.29 is 4.42 Å². The van der Waals surface area contributed by atoms with E-state index < -0.39 is 5.41 Å². The van der Waals surface area contributed by atoms with Crippen molar-refractivity contribution in [2.45, 2.75) is 5.41 Å². The molecule has 1 heterocycles. The van der Waals surface area contributed by atoms with E-state index in [1.54, 1.807) is 0 Å². The van der Waals surface area contributed by atoms with Gasteiger partial charge in [-0.1, -0.05) is 115 Å². The van der Waals surface area contributed by atoms with E-state index in [1.165, 1.54) is 38.9 Å². The lowest BCUT2D eigenvalue weighted by Crippen LogP contribution is -2.25. The van der Waals surface area contributed by atoms with Crippen LogP contribution in [0.3, 0.4) is 0 Å². The topological polar surface area (TPSA) is 16.4 Å². The number of hydrogen-bond donors (Lipinski definition) is 0. The average Bonchev–Trinajstić information content (AvgIpc) is 3.66. The zero-order chi connectivity index (χ0) is 27.0. The van der Waals surface area contributed by atoms with E-state index >= 15 is 0 Å². The molecule has 9 rings (SSSR count). The van der Waals surface area contributed by atoms with Gasteiger partial charge in [0.25, 0.3) is 0 Å². The fourth-order valence-corrected chi connectivity index (χ4v) is 7.33. The third kappa shape index (κ3) is 2.86. The van der Waals surface area contributed by atoms with E-state index in [0.29, 0.717) is 0 Å². The van der Waals surface area contributed by atoms with Crippen LogP contribution in [0.2, 0.25) is 0 Å². The Kier molecular flexibility index (Phi) is 4.57. The summed E-state index contributed by atoms with van der Waals surface area (Å²) in [5.74, 6) is 1.01. The van der Waals surface area contributed by atoms with Crippen molar-refractivity contribution in [2.75, 3.05) is 4.90 Å². The largest absolute Gasteiger partial charge is 0.459 e. The van der Waals surface area contributed by atoms with Gasteiger partial charge in [0.2, 0.25) is 0 Å². The SMILES string of the molecule is c1ccc(N(c2ccccc2)c2cccc3c2-c2c(oc4ccccc24)C32c3ccccc3-c3ccccc32)cc1. The molecule has 1 aromatic heterocycles. The van der Waals surface area contributed by atoms with Crippen LogP contribution in [-0.4, -0.2) is 0 Å². The molecule has 7 aromatic rings. The van der Waals surface area contributed by atoms with Gasteiger partial charge >= 0.3 is 0 Å². The zero-order valence-electron chi connectivity index (χ0n) is 22.3. The number of para-hydroxylation sites is 3. The molecule has 0 saturated carbocycles. The van der Waals surface area contributed by atoms with Crippen LogP contribution >= 0.6 is 0 Å². The molecule has 0 atom stereocenters. The Labute approximate surface area is 238 Å². The van der Waals surface area contributed by atoms with Crippen LogP contribution in [-0.2, 0) is 5.41 Å². The van der Waals surface area contributed by atoms with Gasteiger partial charge in [-0.2, -0.15) is 0 Å². The van der Waals surface area contributed by atoms with Gasteiger partial charge in [0.1, 0.15) is 16.8 Å². The lowest BCUT2D eigenvalue weighted by atomic mass is 9.73. The van der Waals surface area contributed by atoms with Crippen molar-refractivity contribution in [1.82, 2.24) is 0 Å². The van der Waals surface area contributed by atoms with Crippen LogP contribution in [0, 0.1) is 0 Å². The summed E-state index contributed by atoms with van der Waals surface area (Å²) < 4.78 is 6.97. The number of anilines is 3. The number of fused-ring (bicyclic) bond motifs is 12. The highest BCUT2D eigenvalue weighted by molar-refractivity contribution is 6.08. The molecule has 0 unspecified atom stereocenters. The van der Waals surface area contributed by atoms with Crippen LogP contribution in [0.4, 0.5) is 17.1 Å². The summed E-state index contributed by atoms with van der Waals surface area (Å²) in [7, 11) is 0. The first kappa shape index (κ1) is 22.5. The van der Waals surface area contributed by atoms with E-state index in [-0.39, 0.29) is 0 Å². The summed E-state index contributed by atoms with van der Waals surface area (Å²) in [6, 6.07) is 54.3. The Balaban J connectivity index is 1.46. The summed E-state index contributed by atoms with van der Waals surface area (Å²) in [6.07, 6.45) is 0. The van der Waals surface area contributed by atoms with Gasteiger partial charge in [0, 0.05) is 27.9 Å². The molecule has 41 heavy (non-hydrogen) atoms. The Morgan fingerprint density at radius 1 is 0.439 bits per heavy atom. The van der Waals surface area contributed by atoms with Gasteiger partial charge in [0.05, 0.1) is 5.69 Å². The third-order valence-electron chi connectivity index (χ3n) is 8.85. The van der Waals surface area contributed by atoms with Gasteiger partial charge < -0.3 is 9.32 Å². The maximum Gasteiger partial charge on any atom is 0.135 e. The maximum absolute atomic E-state index is 6.97. The summed E-state index contributed by atoms with van der Waals surface area (Å²) in [5.41, 5.74) is 12.6. The molecule has 2 nitrogen and oxygen atoms in total. The molecule has 6 aromatic carbocycles. The summed E-state index contributed by atoms with van der Waals surface area (Å²) >= 11 is 0. The molecule has 0 N–H and O–H groups in total. The summed E-state index contributed by atoms with van der Waals surface area (Å²) in [6.45, 7) is 0. The van der Waals surface area contributed by atoms with Crippen molar-refractivity contribution in [2.24, 2.45) is 0 Å². The predicted molar refractivity (Wildman–Crippen MR) is 167 cm³/mol. The Bertz CT molecular complexity index is 2020. The second-order valence-electron chi connectivity index (χ2n) is 10.8. The highest BCUT2D eigenvalue weighted by Gasteiger charge is 2.55. The van der Waals surface area contributed by atoms with Gasteiger partial charge in [-0.15, -0.1) is 0 Å². The molecule has 0 saturated heterocycles. The number of furan rings is 1. The highest BCUT2D eigenvalue weighted by Crippen LogP contribution is 2.66. The van der Waals surface area contributed by atoms with Crippen molar-refractivity contribution in [3.63, 3.8) is 0 Å². The fraction of sp³-hybridized carbons (Fsp3) is 0.0256. The second-order valence-corrected chi connectivity index (χ2v) is 10.8. The van der Waals surface area contributed by atoms with Gasteiger partial charge in [-0.05, 0) is 64.2 Å². The molecule has 0 fully saturated rings. The molecule has 0 radical (unpaired) electrons. The Morgan fingerprint density at radius 3 is 1.63 bits per heavy atom. The molecule has 1 spiro atoms. The lowest BCUT2D eigenvalue weighted by molar-refractivity contribution is 0.507. The number of benzene rings is 6. The van der Waals surface area contributed by atoms with Crippen molar-refractivity contribution in [3.8, 4) is 22.3 Å². The number of nitrogens with zero attached hydrogens (tertiary/aromatic N) is 1. The first-order valence-corrected chi connectivity index (χ1v) is 14.1. The molecule has 2 heteroatoms. The molecule has 2 aliphatic rings. The van der Waals surface area contributed by atoms with Gasteiger partial charge in [-0.3, -0.25) is 0 Å². The van der Waals surface area contributed by atoms with E-state index in [9.17, 15) is 0 Å². The average molecular weight is 524 g/mol. The van der Waals surface area contributed by atoms with Crippen molar-refractivity contribution in [1.29, 1.82) is 0 Å². The van der Waals surface area contributed by atoms with Crippen LogP contribution in [0.1, 0.15) is 22.5 Å². The Hall–Kier alpha value is -5.34. The van der Waals surface area contributed by atoms with E-state index in [0.717, 1.165) is 33.8 Å². The minimum Gasteiger partial charge on any atom is -0.459 e. The molecular formula is C39H25NO. The van der Waals surface area contributed by atoms with Gasteiger partial charge in [-0.25, -0.2) is 0 Å². The quantitative estimate of drug-likeness (QED) is 0.229. The molecule has 192 valence electrons. The van der Waals surface area contributed by atoms with Crippen LogP contribution < -0.4 is 4.90 Å². The van der Waals surface area contributed by atoms with Crippen LogP contribution in [0.25, 0.3) is 33.2 Å². The minimum absolute atomic E-state index is 0.536. The van der Waals surface area contributed by atoms with E-state index in [2.05, 4.69) is 157 Å². The smallest absolute Gasteiger partial charge is 0.135 e. The van der Waals surface area contributed by atoms with Crippen molar-refractivity contribution >= 4 is 28.0 Å². The normalized spacial score (nSPS) is 13.6. The van der Waals surface area contributed by atoms with Gasteiger partial charge in [0.15, 0.2) is 0 Å². The molecule has 0 amide bonds. The first-order chi connectivity index (χ1) is 20.4. The molecule has 0 aliphatic heterocycles. The summed E-state index contributed by atoms with van der Waals surface area (Å²) in [5, 5.41) is 1.15. The Morgan fingerprint density at radius 2 is 0.976 bits per heavy atom. The number of hydrogen-bond acceptors (Lipinski definition) is 2. The standard InChI is InChI=1S/C39H25NO/c1-3-14-26(15-4-1)40(27-16-5-2-6-17-27)34-24-13-23-33-37(34)36-30-20-9-12-25-35(30)41-38(36)39(33)31-21-10-7-18-28(31)29-19-8-11-22-32(29)39/h1-25H. The minimum atomic E-state index is -0.536. The second kappa shape index (κ2) is 8.33. The monoisotopic (exact) mass is 523 g/mol. The third-order valence-corrected chi connectivity index (χ3v) is 8.85. The van der Waals surface area contributed by atoms with Crippen molar-refractivity contribution in [3.05, 3.63) is 174 Å². The van der Waals surface area contributed by atoms with E-state index in [4.69, 9.17) is 4.42 Å². The zero-order valence-corrected chi connectivity index (χ0v) is 22.3. The lowest BCUT2D eigenvalue weighted by Gasteiger charge is -2.30. The number of rotatable bonds is 3. The first-order valence-electron chi connectivity index (χ1n) is 14.1. The van der Waals surface area contributed by atoms with E-state index in [1.807, 2.05) is 0 Å². The molecule has 0 bridgehead atoms. The molecular weight excluding hydrogens is 498 g/mol. The summed E-state index contributed by atoms with van der Waals surface area (Å²) in [4.78, 5) is 2.39. The maximum atomic E-state index is 6.97. The van der Waals surface area contributed by atoms with Crippen LogP contribution in [0.15, 0.2) is 156 Å². The molecule has 2 aliphatic carbocycles. The fourth-order valence-electron chi connectivity index (χ4n) is 7.33. The predicted octanol–water partition coefficient (Wildman–Crippen LogP) is 10.2.